The van der Waals surface area contributed by atoms with Crippen LogP contribution in [0, 0.1) is 18.3 Å². The van der Waals surface area contributed by atoms with Crippen molar-refractivity contribution in [3.63, 3.8) is 0 Å². The van der Waals surface area contributed by atoms with E-state index < -0.39 is 0 Å². The molecule has 1 saturated heterocycles. The van der Waals surface area contributed by atoms with Gasteiger partial charge in [0.05, 0.1) is 11.6 Å². The fourth-order valence-corrected chi connectivity index (χ4v) is 2.97. The molecule has 3 rings (SSSR count). The summed E-state index contributed by atoms with van der Waals surface area (Å²) < 4.78 is 2.14. The Labute approximate surface area is 141 Å². The van der Waals surface area contributed by atoms with E-state index in [1.165, 1.54) is 0 Å². The van der Waals surface area contributed by atoms with Gasteiger partial charge in [-0.05, 0) is 25.1 Å². The number of nitrogens with zero attached hydrogens (tertiary/aromatic N) is 5. The van der Waals surface area contributed by atoms with Gasteiger partial charge in [-0.2, -0.15) is 5.26 Å². The van der Waals surface area contributed by atoms with Crippen molar-refractivity contribution in [1.82, 2.24) is 19.4 Å². The number of aryl methyl sites for hydroxylation is 1. The molecule has 0 unspecified atom stereocenters. The second-order valence-corrected chi connectivity index (χ2v) is 5.99. The van der Waals surface area contributed by atoms with Crippen molar-refractivity contribution in [3.8, 4) is 6.07 Å². The van der Waals surface area contributed by atoms with Crippen molar-refractivity contribution in [2.24, 2.45) is 0 Å². The first-order chi connectivity index (χ1) is 11.7. The van der Waals surface area contributed by atoms with Gasteiger partial charge in [0.2, 0.25) is 0 Å². The maximum atomic E-state index is 12.5. The standard InChI is InChI=1S/C18H21N5O/c1-15-20-5-6-22(15)10-7-21-8-11-23(12-9-21)18(24)17-4-2-3-16(13-17)14-19/h2-6,13H,7-12H2,1H3. The van der Waals surface area contributed by atoms with E-state index in [9.17, 15) is 4.79 Å². The minimum atomic E-state index is 0.0113. The van der Waals surface area contributed by atoms with Gasteiger partial charge in [0.25, 0.3) is 5.91 Å². The molecule has 0 bridgehead atoms. The van der Waals surface area contributed by atoms with Crippen LogP contribution in [-0.4, -0.2) is 58.0 Å². The van der Waals surface area contributed by atoms with E-state index in [1.807, 2.05) is 24.2 Å². The highest BCUT2D eigenvalue weighted by atomic mass is 16.2. The predicted molar refractivity (Wildman–Crippen MR) is 90.5 cm³/mol. The van der Waals surface area contributed by atoms with Gasteiger partial charge in [-0.3, -0.25) is 9.69 Å². The first-order valence-electron chi connectivity index (χ1n) is 8.17. The number of benzene rings is 1. The Bertz CT molecular complexity index is 753. The lowest BCUT2D eigenvalue weighted by Gasteiger charge is -2.34. The normalized spacial score (nSPS) is 15.2. The molecule has 1 aromatic heterocycles. The van der Waals surface area contributed by atoms with Crippen LogP contribution in [0.4, 0.5) is 0 Å². The number of hydrogen-bond donors (Lipinski definition) is 0. The molecular weight excluding hydrogens is 302 g/mol. The number of carbonyl (C=O) groups excluding carboxylic acids is 1. The van der Waals surface area contributed by atoms with E-state index in [2.05, 4.69) is 20.5 Å². The number of carbonyl (C=O) groups is 1. The van der Waals surface area contributed by atoms with Gasteiger partial charge >= 0.3 is 0 Å². The summed E-state index contributed by atoms with van der Waals surface area (Å²) in [7, 11) is 0. The molecule has 24 heavy (non-hydrogen) atoms. The van der Waals surface area contributed by atoms with Crippen molar-refractivity contribution < 1.29 is 4.79 Å². The van der Waals surface area contributed by atoms with Crippen LogP contribution < -0.4 is 0 Å². The van der Waals surface area contributed by atoms with Crippen LogP contribution >= 0.6 is 0 Å². The fourth-order valence-electron chi connectivity index (χ4n) is 2.97. The van der Waals surface area contributed by atoms with Gasteiger partial charge in [0, 0.05) is 57.2 Å². The third-order valence-corrected chi connectivity index (χ3v) is 4.48. The zero-order valence-electron chi connectivity index (χ0n) is 13.9. The molecule has 1 amide bonds. The Morgan fingerprint density at radius 1 is 1.25 bits per heavy atom. The zero-order valence-corrected chi connectivity index (χ0v) is 13.9. The van der Waals surface area contributed by atoms with Gasteiger partial charge in [-0.1, -0.05) is 6.07 Å². The zero-order chi connectivity index (χ0) is 16.9. The second kappa shape index (κ2) is 7.28. The van der Waals surface area contributed by atoms with Gasteiger partial charge in [-0.15, -0.1) is 0 Å². The van der Waals surface area contributed by atoms with Crippen LogP contribution in [0.3, 0.4) is 0 Å². The van der Waals surface area contributed by atoms with E-state index in [4.69, 9.17) is 5.26 Å². The van der Waals surface area contributed by atoms with Gasteiger partial charge < -0.3 is 9.47 Å². The summed E-state index contributed by atoms with van der Waals surface area (Å²) in [5, 5.41) is 8.96. The van der Waals surface area contributed by atoms with Gasteiger partial charge in [0.1, 0.15) is 5.82 Å². The molecule has 1 aliphatic rings. The number of hydrogen-bond acceptors (Lipinski definition) is 4. The number of nitriles is 1. The van der Waals surface area contributed by atoms with Crippen molar-refractivity contribution in [2.45, 2.75) is 13.5 Å². The Balaban J connectivity index is 1.52. The van der Waals surface area contributed by atoms with E-state index in [0.29, 0.717) is 11.1 Å². The summed E-state index contributed by atoms with van der Waals surface area (Å²) >= 11 is 0. The summed E-state index contributed by atoms with van der Waals surface area (Å²) in [4.78, 5) is 21.0. The Morgan fingerprint density at radius 2 is 2.04 bits per heavy atom. The molecule has 1 aliphatic heterocycles. The highest BCUT2D eigenvalue weighted by molar-refractivity contribution is 5.94. The minimum absolute atomic E-state index is 0.0113. The molecule has 0 N–H and O–H groups in total. The summed E-state index contributed by atoms with van der Waals surface area (Å²) in [5.41, 5.74) is 1.12. The summed E-state index contributed by atoms with van der Waals surface area (Å²) in [6, 6.07) is 8.99. The quantitative estimate of drug-likeness (QED) is 0.856. The van der Waals surface area contributed by atoms with Crippen molar-refractivity contribution in [1.29, 1.82) is 5.26 Å². The van der Waals surface area contributed by atoms with Gasteiger partial charge in [-0.25, -0.2) is 4.98 Å². The first kappa shape index (κ1) is 16.2. The van der Waals surface area contributed by atoms with Crippen LogP contribution in [0.1, 0.15) is 21.7 Å². The predicted octanol–water partition coefficient (Wildman–Crippen LogP) is 1.52. The topological polar surface area (TPSA) is 65.2 Å². The molecule has 2 heterocycles. The molecular formula is C18H21N5O. The lowest BCUT2D eigenvalue weighted by Crippen LogP contribution is -2.49. The number of piperazine rings is 1. The van der Waals surface area contributed by atoms with Crippen LogP contribution in [0.25, 0.3) is 0 Å². The largest absolute Gasteiger partial charge is 0.336 e. The second-order valence-electron chi connectivity index (χ2n) is 5.99. The highest BCUT2D eigenvalue weighted by Gasteiger charge is 2.22. The molecule has 0 radical (unpaired) electrons. The smallest absolute Gasteiger partial charge is 0.253 e. The first-order valence-corrected chi connectivity index (χ1v) is 8.17. The average Bonchev–Trinajstić information content (AvgIpc) is 3.05. The summed E-state index contributed by atoms with van der Waals surface area (Å²) in [6.07, 6.45) is 3.82. The molecule has 6 nitrogen and oxygen atoms in total. The number of amides is 1. The Morgan fingerprint density at radius 3 is 2.71 bits per heavy atom. The van der Waals surface area contributed by atoms with Crippen molar-refractivity contribution in [2.75, 3.05) is 32.7 Å². The Kier molecular flexibility index (Phi) is 4.92. The highest BCUT2D eigenvalue weighted by Crippen LogP contribution is 2.11. The van der Waals surface area contributed by atoms with Crippen molar-refractivity contribution >= 4 is 5.91 Å². The molecule has 0 saturated carbocycles. The maximum absolute atomic E-state index is 12.5. The molecule has 124 valence electrons. The Hall–Kier alpha value is -2.65. The van der Waals surface area contributed by atoms with Crippen LogP contribution in [-0.2, 0) is 6.54 Å². The molecule has 0 spiro atoms. The van der Waals surface area contributed by atoms with E-state index >= 15 is 0 Å². The summed E-state index contributed by atoms with van der Waals surface area (Å²) in [6.45, 7) is 7.07. The SMILES string of the molecule is Cc1nccn1CCN1CCN(C(=O)c2cccc(C#N)c2)CC1. The van der Waals surface area contributed by atoms with Crippen LogP contribution in [0.5, 0.6) is 0 Å². The van der Waals surface area contributed by atoms with E-state index in [1.54, 1.807) is 24.3 Å². The molecule has 0 atom stereocenters. The van der Waals surface area contributed by atoms with E-state index in [0.717, 1.165) is 45.1 Å². The molecule has 6 heteroatoms. The third-order valence-electron chi connectivity index (χ3n) is 4.48. The number of imidazole rings is 1. The van der Waals surface area contributed by atoms with Crippen molar-refractivity contribution in [3.05, 3.63) is 53.6 Å². The minimum Gasteiger partial charge on any atom is -0.336 e. The third kappa shape index (κ3) is 3.63. The fraction of sp³-hybridized carbons (Fsp3) is 0.389. The van der Waals surface area contributed by atoms with Gasteiger partial charge in [0.15, 0.2) is 0 Å². The van der Waals surface area contributed by atoms with Crippen LogP contribution in [0.2, 0.25) is 0 Å². The number of aromatic nitrogens is 2. The number of rotatable bonds is 4. The molecule has 2 aromatic rings. The van der Waals surface area contributed by atoms with E-state index in [-0.39, 0.29) is 5.91 Å². The molecule has 1 fully saturated rings. The summed E-state index contributed by atoms with van der Waals surface area (Å²) in [5.74, 6) is 1.04. The van der Waals surface area contributed by atoms with Crippen LogP contribution in [0.15, 0.2) is 36.7 Å². The monoisotopic (exact) mass is 323 g/mol. The molecule has 1 aromatic carbocycles. The maximum Gasteiger partial charge on any atom is 0.253 e. The lowest BCUT2D eigenvalue weighted by molar-refractivity contribution is 0.0633. The average molecular weight is 323 g/mol. The molecule has 0 aliphatic carbocycles. The lowest BCUT2D eigenvalue weighted by atomic mass is 10.1.